The van der Waals surface area contributed by atoms with E-state index < -0.39 is 15.8 Å². The summed E-state index contributed by atoms with van der Waals surface area (Å²) < 4.78 is 40.1. The summed E-state index contributed by atoms with van der Waals surface area (Å²) in [4.78, 5) is 0.0418. The topological polar surface area (TPSA) is 63.4 Å². The third-order valence-corrected chi connectivity index (χ3v) is 5.09. The molecule has 0 aliphatic carbocycles. The minimum absolute atomic E-state index is 0.0418. The van der Waals surface area contributed by atoms with Gasteiger partial charge in [-0.2, -0.15) is 4.31 Å². The minimum atomic E-state index is -3.78. The minimum Gasteiger partial charge on any atom is -0.396 e. The monoisotopic (exact) mass is 298 g/mol. The Hall–Kier alpha value is -1.66. The summed E-state index contributed by atoms with van der Waals surface area (Å²) in [5.41, 5.74) is 6.00. The van der Waals surface area contributed by atoms with Gasteiger partial charge < -0.3 is 5.73 Å². The molecule has 0 aliphatic heterocycles. The highest BCUT2D eigenvalue weighted by atomic mass is 32.2. The van der Waals surface area contributed by atoms with Crippen molar-refractivity contribution in [2.75, 3.05) is 18.8 Å². The first kappa shape index (κ1) is 16.4. The number of nitrogens with zero attached hydrogens (tertiary/aromatic N) is 1. The quantitative estimate of drug-likeness (QED) is 0.648. The van der Waals surface area contributed by atoms with E-state index in [1.807, 2.05) is 0 Å². The SMILES string of the molecule is C=CCN(CC=C)S(=O)(=O)c1c(C)cc(F)c(N)c1C. The van der Waals surface area contributed by atoms with Crippen LogP contribution in [0, 0.1) is 19.7 Å². The third kappa shape index (κ3) is 2.91. The number of halogens is 1. The molecule has 2 N–H and O–H groups in total. The molecule has 0 saturated carbocycles. The first-order valence-corrected chi connectivity index (χ1v) is 7.48. The second-order valence-electron chi connectivity index (χ2n) is 4.44. The molecule has 0 aromatic heterocycles. The second-order valence-corrected chi connectivity index (χ2v) is 6.32. The van der Waals surface area contributed by atoms with E-state index >= 15 is 0 Å². The van der Waals surface area contributed by atoms with Gasteiger partial charge in [0.15, 0.2) is 0 Å². The molecule has 0 saturated heterocycles. The van der Waals surface area contributed by atoms with Gasteiger partial charge in [0.25, 0.3) is 0 Å². The van der Waals surface area contributed by atoms with Crippen LogP contribution in [0.3, 0.4) is 0 Å². The maximum absolute atomic E-state index is 13.5. The van der Waals surface area contributed by atoms with Crippen LogP contribution >= 0.6 is 0 Å². The zero-order chi connectivity index (χ0) is 15.5. The molecule has 0 spiro atoms. The van der Waals surface area contributed by atoms with Gasteiger partial charge in [0, 0.05) is 13.1 Å². The molecule has 1 aromatic carbocycles. The van der Waals surface area contributed by atoms with Crippen LogP contribution in [-0.4, -0.2) is 25.8 Å². The van der Waals surface area contributed by atoms with Crippen LogP contribution < -0.4 is 5.73 Å². The number of hydrogen-bond donors (Lipinski definition) is 1. The van der Waals surface area contributed by atoms with Crippen LogP contribution in [0.15, 0.2) is 36.3 Å². The summed E-state index contributed by atoms with van der Waals surface area (Å²) in [6.07, 6.45) is 2.97. The third-order valence-electron chi connectivity index (χ3n) is 2.97. The molecule has 1 aromatic rings. The van der Waals surface area contributed by atoms with Gasteiger partial charge >= 0.3 is 0 Å². The number of nitrogens with two attached hydrogens (primary N) is 1. The molecule has 0 amide bonds. The predicted octanol–water partition coefficient (Wildman–Crippen LogP) is 2.39. The molecule has 1 rings (SSSR count). The lowest BCUT2D eigenvalue weighted by molar-refractivity contribution is 0.473. The maximum Gasteiger partial charge on any atom is 0.244 e. The zero-order valence-corrected chi connectivity index (χ0v) is 12.5. The fourth-order valence-corrected chi connectivity index (χ4v) is 3.84. The normalized spacial score (nSPS) is 11.6. The average molecular weight is 298 g/mol. The molecule has 0 bridgehead atoms. The zero-order valence-electron chi connectivity index (χ0n) is 11.7. The van der Waals surface area contributed by atoms with Gasteiger partial charge in [0.1, 0.15) is 5.82 Å². The number of hydrogen-bond acceptors (Lipinski definition) is 3. The van der Waals surface area contributed by atoms with E-state index in [9.17, 15) is 12.8 Å². The van der Waals surface area contributed by atoms with Crippen molar-refractivity contribution in [3.05, 3.63) is 48.3 Å². The lowest BCUT2D eigenvalue weighted by atomic mass is 10.1. The van der Waals surface area contributed by atoms with Crippen molar-refractivity contribution in [2.45, 2.75) is 18.7 Å². The van der Waals surface area contributed by atoms with Gasteiger partial charge in [0.2, 0.25) is 10.0 Å². The van der Waals surface area contributed by atoms with Crippen molar-refractivity contribution < 1.29 is 12.8 Å². The van der Waals surface area contributed by atoms with E-state index in [1.165, 1.54) is 23.4 Å². The Morgan fingerprint density at radius 1 is 1.30 bits per heavy atom. The van der Waals surface area contributed by atoms with Crippen LogP contribution in [0.5, 0.6) is 0 Å². The summed E-state index contributed by atoms with van der Waals surface area (Å²) in [5, 5.41) is 0. The van der Waals surface area contributed by atoms with Gasteiger partial charge in [-0.25, -0.2) is 12.8 Å². The standard InChI is InChI=1S/C14H19FN2O2S/c1-5-7-17(8-6-2)20(18,19)14-10(3)9-12(15)13(16)11(14)4/h5-6,9H,1-2,7-8,16H2,3-4H3. The molecule has 0 heterocycles. The molecular weight excluding hydrogens is 279 g/mol. The van der Waals surface area contributed by atoms with Gasteiger partial charge in [-0.15, -0.1) is 13.2 Å². The molecule has 110 valence electrons. The number of nitrogen functional groups attached to an aromatic ring is 1. The Balaban J connectivity index is 3.52. The highest BCUT2D eigenvalue weighted by Crippen LogP contribution is 2.29. The lowest BCUT2D eigenvalue weighted by Crippen LogP contribution is -2.32. The van der Waals surface area contributed by atoms with Gasteiger partial charge in [-0.1, -0.05) is 12.2 Å². The number of benzene rings is 1. The van der Waals surface area contributed by atoms with Crippen molar-refractivity contribution in [3.63, 3.8) is 0 Å². The van der Waals surface area contributed by atoms with Gasteiger partial charge in [0.05, 0.1) is 10.6 Å². The Morgan fingerprint density at radius 2 is 1.80 bits per heavy atom. The molecule has 20 heavy (non-hydrogen) atoms. The summed E-state index contributed by atoms with van der Waals surface area (Å²) in [5.74, 6) is -0.613. The van der Waals surface area contributed by atoms with Crippen LogP contribution in [0.2, 0.25) is 0 Å². The Morgan fingerprint density at radius 3 is 2.25 bits per heavy atom. The first-order chi connectivity index (χ1) is 9.27. The Kier molecular flexibility index (Phi) is 5.08. The smallest absolute Gasteiger partial charge is 0.244 e. The predicted molar refractivity (Wildman–Crippen MR) is 79.4 cm³/mol. The summed E-state index contributed by atoms with van der Waals surface area (Å²) in [7, 11) is -3.78. The van der Waals surface area contributed by atoms with Crippen LogP contribution in [0.4, 0.5) is 10.1 Å². The van der Waals surface area contributed by atoms with Crippen LogP contribution in [0.1, 0.15) is 11.1 Å². The molecule has 0 radical (unpaired) electrons. The van der Waals surface area contributed by atoms with Crippen LogP contribution in [-0.2, 0) is 10.0 Å². The van der Waals surface area contributed by atoms with Gasteiger partial charge in [-0.05, 0) is 31.0 Å². The van der Waals surface area contributed by atoms with Crippen molar-refractivity contribution in [3.8, 4) is 0 Å². The average Bonchev–Trinajstić information content (AvgIpc) is 2.35. The van der Waals surface area contributed by atoms with E-state index in [0.29, 0.717) is 5.56 Å². The molecule has 0 aliphatic rings. The van der Waals surface area contributed by atoms with E-state index in [0.717, 1.165) is 6.07 Å². The van der Waals surface area contributed by atoms with Crippen molar-refractivity contribution >= 4 is 15.7 Å². The van der Waals surface area contributed by atoms with Crippen LogP contribution in [0.25, 0.3) is 0 Å². The number of anilines is 1. The molecule has 0 unspecified atom stereocenters. The fourth-order valence-electron chi connectivity index (χ4n) is 2.02. The Labute approximate surface area is 119 Å². The van der Waals surface area contributed by atoms with Crippen molar-refractivity contribution in [1.29, 1.82) is 0 Å². The lowest BCUT2D eigenvalue weighted by Gasteiger charge is -2.22. The van der Waals surface area contributed by atoms with E-state index in [2.05, 4.69) is 13.2 Å². The van der Waals surface area contributed by atoms with Crippen molar-refractivity contribution in [2.24, 2.45) is 0 Å². The van der Waals surface area contributed by atoms with E-state index in [4.69, 9.17) is 5.73 Å². The molecular formula is C14H19FN2O2S. The van der Waals surface area contributed by atoms with Gasteiger partial charge in [-0.3, -0.25) is 0 Å². The molecule has 6 heteroatoms. The largest absolute Gasteiger partial charge is 0.396 e. The first-order valence-electron chi connectivity index (χ1n) is 6.04. The second kappa shape index (κ2) is 6.19. The Bertz CT molecular complexity index is 629. The van der Waals surface area contributed by atoms with E-state index in [-0.39, 0.29) is 29.2 Å². The van der Waals surface area contributed by atoms with Crippen molar-refractivity contribution in [1.82, 2.24) is 4.31 Å². The molecule has 0 fully saturated rings. The molecule has 4 nitrogen and oxygen atoms in total. The molecule has 0 atom stereocenters. The summed E-state index contributed by atoms with van der Waals surface area (Å²) in [6, 6.07) is 1.13. The fraction of sp³-hybridized carbons (Fsp3) is 0.286. The van der Waals surface area contributed by atoms with E-state index in [1.54, 1.807) is 6.92 Å². The highest BCUT2D eigenvalue weighted by Gasteiger charge is 2.28. The summed E-state index contributed by atoms with van der Waals surface area (Å²) >= 11 is 0. The maximum atomic E-state index is 13.5. The number of sulfonamides is 1. The number of rotatable bonds is 6. The summed E-state index contributed by atoms with van der Waals surface area (Å²) in [6.45, 7) is 10.4. The highest BCUT2D eigenvalue weighted by molar-refractivity contribution is 7.89. The number of aryl methyl sites for hydroxylation is 1.